The van der Waals surface area contributed by atoms with Crippen LogP contribution in [-0.4, -0.2) is 23.9 Å². The van der Waals surface area contributed by atoms with Crippen LogP contribution < -0.4 is 5.73 Å². The molecule has 0 spiro atoms. The maximum Gasteiger partial charge on any atom is 0.243 e. The van der Waals surface area contributed by atoms with E-state index in [0.29, 0.717) is 24.8 Å². The second kappa shape index (κ2) is 7.60. The Bertz CT molecular complexity index is 359. The Kier molecular flexibility index (Phi) is 5.79. The standard InChI is InChI=1S/C14H25N3O2/c1-18-10-9-12(15)14-16-13(17-19-14)11-7-5-3-2-4-6-8-11/h11-12H,2-10,15H2,1H3. The van der Waals surface area contributed by atoms with Crippen LogP contribution in [-0.2, 0) is 4.74 Å². The highest BCUT2D eigenvalue weighted by Crippen LogP contribution is 2.29. The van der Waals surface area contributed by atoms with Gasteiger partial charge in [-0.1, -0.05) is 37.3 Å². The highest BCUT2D eigenvalue weighted by Gasteiger charge is 2.21. The lowest BCUT2D eigenvalue weighted by Gasteiger charge is -2.15. The predicted octanol–water partition coefficient (Wildman–Crippen LogP) is 2.93. The molecule has 1 aliphatic rings. The van der Waals surface area contributed by atoms with E-state index in [0.717, 1.165) is 5.82 Å². The molecule has 108 valence electrons. The summed E-state index contributed by atoms with van der Waals surface area (Å²) in [5.41, 5.74) is 6.00. The highest BCUT2D eigenvalue weighted by atomic mass is 16.5. The summed E-state index contributed by atoms with van der Waals surface area (Å²) in [6.07, 6.45) is 9.62. The number of hydrogen-bond donors (Lipinski definition) is 1. The summed E-state index contributed by atoms with van der Waals surface area (Å²) in [7, 11) is 1.67. The van der Waals surface area contributed by atoms with E-state index in [1.807, 2.05) is 0 Å². The summed E-state index contributed by atoms with van der Waals surface area (Å²) in [4.78, 5) is 4.50. The van der Waals surface area contributed by atoms with Gasteiger partial charge < -0.3 is 15.0 Å². The summed E-state index contributed by atoms with van der Waals surface area (Å²) in [6.45, 7) is 0.613. The van der Waals surface area contributed by atoms with Crippen LogP contribution >= 0.6 is 0 Å². The molecular weight excluding hydrogens is 242 g/mol. The zero-order valence-corrected chi connectivity index (χ0v) is 11.8. The van der Waals surface area contributed by atoms with E-state index in [1.54, 1.807) is 7.11 Å². The van der Waals surface area contributed by atoms with Crippen molar-refractivity contribution < 1.29 is 9.26 Å². The van der Waals surface area contributed by atoms with Crippen molar-refractivity contribution in [2.75, 3.05) is 13.7 Å². The number of hydrogen-bond acceptors (Lipinski definition) is 5. The Labute approximate surface area is 114 Å². The average Bonchev–Trinajstić information content (AvgIpc) is 2.85. The zero-order valence-electron chi connectivity index (χ0n) is 11.8. The van der Waals surface area contributed by atoms with Crippen molar-refractivity contribution in [3.05, 3.63) is 11.7 Å². The quantitative estimate of drug-likeness (QED) is 0.887. The van der Waals surface area contributed by atoms with Crippen molar-refractivity contribution in [2.45, 2.75) is 63.3 Å². The Morgan fingerprint density at radius 1 is 1.26 bits per heavy atom. The van der Waals surface area contributed by atoms with Gasteiger partial charge in [0.05, 0.1) is 6.04 Å². The van der Waals surface area contributed by atoms with Crippen molar-refractivity contribution in [1.29, 1.82) is 0 Å². The van der Waals surface area contributed by atoms with E-state index >= 15 is 0 Å². The van der Waals surface area contributed by atoms with Gasteiger partial charge in [-0.2, -0.15) is 4.98 Å². The molecule has 1 atom stereocenters. The van der Waals surface area contributed by atoms with Gasteiger partial charge in [-0.05, 0) is 19.3 Å². The monoisotopic (exact) mass is 267 g/mol. The molecule has 0 bridgehead atoms. The van der Waals surface area contributed by atoms with Gasteiger partial charge in [0.2, 0.25) is 5.89 Å². The molecule has 5 nitrogen and oxygen atoms in total. The SMILES string of the molecule is COCCC(N)c1nc(C2CCCCCCC2)no1. The Morgan fingerprint density at radius 2 is 1.95 bits per heavy atom. The molecule has 19 heavy (non-hydrogen) atoms. The largest absolute Gasteiger partial charge is 0.385 e. The molecule has 0 amide bonds. The van der Waals surface area contributed by atoms with Crippen molar-refractivity contribution in [3.63, 3.8) is 0 Å². The first-order valence-corrected chi connectivity index (χ1v) is 7.39. The fourth-order valence-corrected chi connectivity index (χ4v) is 2.65. The van der Waals surface area contributed by atoms with Gasteiger partial charge in [-0.15, -0.1) is 0 Å². The van der Waals surface area contributed by atoms with Crippen LogP contribution in [0.3, 0.4) is 0 Å². The Morgan fingerprint density at radius 3 is 2.63 bits per heavy atom. The topological polar surface area (TPSA) is 74.2 Å². The van der Waals surface area contributed by atoms with Gasteiger partial charge >= 0.3 is 0 Å². The summed E-state index contributed by atoms with van der Waals surface area (Å²) in [5.74, 6) is 1.85. The zero-order chi connectivity index (χ0) is 13.5. The summed E-state index contributed by atoms with van der Waals surface area (Å²) >= 11 is 0. The minimum Gasteiger partial charge on any atom is -0.385 e. The minimum atomic E-state index is -0.213. The molecule has 1 aromatic heterocycles. The molecule has 0 saturated heterocycles. The molecule has 1 fully saturated rings. The lowest BCUT2D eigenvalue weighted by atomic mass is 9.91. The fourth-order valence-electron chi connectivity index (χ4n) is 2.65. The molecule has 1 unspecified atom stereocenters. The molecule has 1 saturated carbocycles. The number of nitrogens with zero attached hydrogens (tertiary/aromatic N) is 2. The molecule has 1 heterocycles. The van der Waals surface area contributed by atoms with Gasteiger partial charge in [0.15, 0.2) is 5.82 Å². The van der Waals surface area contributed by atoms with Crippen LogP contribution in [0.4, 0.5) is 0 Å². The fraction of sp³-hybridized carbons (Fsp3) is 0.857. The molecule has 0 aliphatic heterocycles. The van der Waals surface area contributed by atoms with E-state index in [4.69, 9.17) is 15.0 Å². The van der Waals surface area contributed by atoms with Crippen LogP contribution in [0, 0.1) is 0 Å². The third-order valence-electron chi connectivity index (χ3n) is 3.88. The van der Waals surface area contributed by atoms with Crippen molar-refractivity contribution >= 4 is 0 Å². The molecule has 1 aliphatic carbocycles. The van der Waals surface area contributed by atoms with Gasteiger partial charge in [-0.3, -0.25) is 0 Å². The number of aromatic nitrogens is 2. The lowest BCUT2D eigenvalue weighted by molar-refractivity contribution is 0.182. The summed E-state index contributed by atoms with van der Waals surface area (Å²) < 4.78 is 10.3. The van der Waals surface area contributed by atoms with Gasteiger partial charge in [0.1, 0.15) is 0 Å². The highest BCUT2D eigenvalue weighted by molar-refractivity contribution is 4.98. The van der Waals surface area contributed by atoms with E-state index < -0.39 is 0 Å². The maximum atomic E-state index is 6.00. The minimum absolute atomic E-state index is 0.213. The van der Waals surface area contributed by atoms with Crippen LogP contribution in [0.2, 0.25) is 0 Å². The molecule has 0 aromatic carbocycles. The van der Waals surface area contributed by atoms with E-state index in [9.17, 15) is 0 Å². The van der Waals surface area contributed by atoms with Gasteiger partial charge in [0.25, 0.3) is 0 Å². The predicted molar refractivity (Wildman–Crippen MR) is 72.8 cm³/mol. The van der Waals surface area contributed by atoms with Crippen LogP contribution in [0.5, 0.6) is 0 Å². The third kappa shape index (κ3) is 4.28. The normalized spacial score (nSPS) is 19.9. The maximum absolute atomic E-state index is 6.00. The first-order valence-electron chi connectivity index (χ1n) is 7.39. The third-order valence-corrected chi connectivity index (χ3v) is 3.88. The number of ether oxygens (including phenoxy) is 1. The second-order valence-corrected chi connectivity index (χ2v) is 5.42. The van der Waals surface area contributed by atoms with Crippen molar-refractivity contribution in [3.8, 4) is 0 Å². The smallest absolute Gasteiger partial charge is 0.243 e. The average molecular weight is 267 g/mol. The first-order chi connectivity index (χ1) is 9.31. The molecule has 1 aromatic rings. The first kappa shape index (κ1) is 14.5. The Balaban J connectivity index is 1.94. The summed E-state index contributed by atoms with van der Waals surface area (Å²) in [5, 5.41) is 4.13. The second-order valence-electron chi connectivity index (χ2n) is 5.42. The molecule has 5 heteroatoms. The molecular formula is C14H25N3O2. The van der Waals surface area contributed by atoms with E-state index in [2.05, 4.69) is 10.1 Å². The molecule has 0 radical (unpaired) electrons. The van der Waals surface area contributed by atoms with Crippen molar-refractivity contribution in [1.82, 2.24) is 10.1 Å². The number of methoxy groups -OCH3 is 1. The lowest BCUT2D eigenvalue weighted by Crippen LogP contribution is -2.13. The molecule has 2 N–H and O–H groups in total. The van der Waals surface area contributed by atoms with E-state index in [1.165, 1.54) is 44.9 Å². The number of rotatable bonds is 5. The molecule has 2 rings (SSSR count). The number of nitrogens with two attached hydrogens (primary N) is 1. The van der Waals surface area contributed by atoms with Gasteiger partial charge in [-0.25, -0.2) is 0 Å². The van der Waals surface area contributed by atoms with Crippen LogP contribution in [0.15, 0.2) is 4.52 Å². The van der Waals surface area contributed by atoms with E-state index in [-0.39, 0.29) is 6.04 Å². The van der Waals surface area contributed by atoms with Crippen LogP contribution in [0.25, 0.3) is 0 Å². The Hall–Kier alpha value is -0.940. The van der Waals surface area contributed by atoms with Crippen LogP contribution in [0.1, 0.15) is 75.0 Å². The van der Waals surface area contributed by atoms with Gasteiger partial charge in [0, 0.05) is 19.6 Å². The summed E-state index contributed by atoms with van der Waals surface area (Å²) in [6, 6.07) is -0.213. The van der Waals surface area contributed by atoms with Crippen molar-refractivity contribution in [2.24, 2.45) is 5.73 Å².